The molecule has 1 fully saturated rings. The molecule has 3 unspecified atom stereocenters. The molecule has 1 amide bonds. The van der Waals surface area contributed by atoms with Gasteiger partial charge in [0.1, 0.15) is 6.23 Å². The van der Waals surface area contributed by atoms with E-state index in [2.05, 4.69) is 29.5 Å². The number of amides is 1. The first kappa shape index (κ1) is 22.3. The van der Waals surface area contributed by atoms with E-state index in [1.807, 2.05) is 53.4 Å². The van der Waals surface area contributed by atoms with Gasteiger partial charge in [-0.05, 0) is 56.0 Å². The van der Waals surface area contributed by atoms with E-state index >= 15 is 0 Å². The smallest absolute Gasteiger partial charge is 0.254 e. The number of carbonyl (C=O) groups is 1. The molecule has 0 spiro atoms. The summed E-state index contributed by atoms with van der Waals surface area (Å²) >= 11 is 0. The number of piperidine rings is 1. The van der Waals surface area contributed by atoms with Gasteiger partial charge in [0.25, 0.3) is 5.91 Å². The Balaban J connectivity index is 1.34. The Labute approximate surface area is 200 Å². The maximum Gasteiger partial charge on any atom is 0.254 e. The molecule has 2 aliphatic heterocycles. The van der Waals surface area contributed by atoms with Gasteiger partial charge in [0, 0.05) is 53.3 Å². The van der Waals surface area contributed by atoms with Gasteiger partial charge in [-0.2, -0.15) is 0 Å². The van der Waals surface area contributed by atoms with E-state index in [-0.39, 0.29) is 11.9 Å². The van der Waals surface area contributed by atoms with Crippen LogP contribution in [-0.4, -0.2) is 44.7 Å². The van der Waals surface area contributed by atoms with Crippen molar-refractivity contribution in [3.63, 3.8) is 0 Å². The molecule has 34 heavy (non-hydrogen) atoms. The Bertz CT molecular complexity index is 1180. The highest BCUT2D eigenvalue weighted by atomic mass is 16.3. The summed E-state index contributed by atoms with van der Waals surface area (Å²) in [5, 5.41) is 16.7. The van der Waals surface area contributed by atoms with Crippen LogP contribution in [-0.2, 0) is 6.42 Å². The second kappa shape index (κ2) is 9.43. The highest BCUT2D eigenvalue weighted by Gasteiger charge is 2.28. The predicted octanol–water partition coefficient (Wildman–Crippen LogP) is 4.82. The third-order valence-corrected chi connectivity index (χ3v) is 6.99. The van der Waals surface area contributed by atoms with Crippen molar-refractivity contribution in [2.75, 3.05) is 17.2 Å². The topological polar surface area (TPSA) is 90.4 Å². The van der Waals surface area contributed by atoms with Crippen LogP contribution in [0.4, 0.5) is 17.3 Å². The molecular weight excluding hydrogens is 426 g/mol. The monoisotopic (exact) mass is 457 g/mol. The summed E-state index contributed by atoms with van der Waals surface area (Å²) in [7, 11) is 0. The van der Waals surface area contributed by atoms with Crippen LogP contribution < -0.4 is 10.6 Å². The minimum atomic E-state index is -0.690. The first-order valence-electron chi connectivity index (χ1n) is 12.1. The lowest BCUT2D eigenvalue weighted by molar-refractivity contribution is 0.0556. The summed E-state index contributed by atoms with van der Waals surface area (Å²) in [5.74, 6) is 1.16. The third kappa shape index (κ3) is 4.48. The number of aromatic nitrogens is 2. The van der Waals surface area contributed by atoms with Gasteiger partial charge in [0.2, 0.25) is 5.95 Å². The molecule has 0 saturated carbocycles. The molecule has 3 atom stereocenters. The van der Waals surface area contributed by atoms with Crippen LogP contribution in [0.2, 0.25) is 0 Å². The van der Waals surface area contributed by atoms with Gasteiger partial charge < -0.3 is 20.6 Å². The number of hydrogen-bond acceptors (Lipinski definition) is 6. The number of anilines is 3. The van der Waals surface area contributed by atoms with E-state index in [1.54, 1.807) is 6.20 Å². The fourth-order valence-electron chi connectivity index (χ4n) is 4.89. The minimum absolute atomic E-state index is 0.0983. The number of fused-ring (bicyclic) bond motifs is 3. The number of aliphatic hydroxyl groups is 1. The molecular formula is C27H31N5O2. The van der Waals surface area contributed by atoms with E-state index < -0.39 is 6.23 Å². The Morgan fingerprint density at radius 3 is 2.76 bits per heavy atom. The maximum absolute atomic E-state index is 13.1. The average molecular weight is 458 g/mol. The van der Waals surface area contributed by atoms with Crippen LogP contribution in [0.1, 0.15) is 49.0 Å². The Hall–Kier alpha value is -3.45. The van der Waals surface area contributed by atoms with Gasteiger partial charge in [-0.1, -0.05) is 31.5 Å². The van der Waals surface area contributed by atoms with Gasteiger partial charge in [0.05, 0.1) is 5.69 Å². The number of rotatable bonds is 4. The van der Waals surface area contributed by atoms with Crippen molar-refractivity contribution in [2.24, 2.45) is 5.92 Å². The second-order valence-corrected chi connectivity index (χ2v) is 9.34. The molecule has 3 aromatic rings. The molecule has 0 aliphatic carbocycles. The quantitative estimate of drug-likeness (QED) is 0.520. The summed E-state index contributed by atoms with van der Waals surface area (Å²) in [6, 6.07) is 15.6. The lowest BCUT2D eigenvalue weighted by Crippen LogP contribution is -2.45. The molecule has 3 heterocycles. The molecule has 1 saturated heterocycles. The number of hydrogen-bond donors (Lipinski definition) is 3. The van der Waals surface area contributed by atoms with Crippen molar-refractivity contribution in [3.8, 4) is 11.3 Å². The van der Waals surface area contributed by atoms with Gasteiger partial charge in [-0.25, -0.2) is 9.97 Å². The van der Waals surface area contributed by atoms with Crippen molar-refractivity contribution in [1.82, 2.24) is 14.9 Å². The van der Waals surface area contributed by atoms with Crippen LogP contribution in [0, 0.1) is 5.92 Å². The van der Waals surface area contributed by atoms with Gasteiger partial charge in [0.15, 0.2) is 0 Å². The van der Waals surface area contributed by atoms with E-state index in [0.29, 0.717) is 23.9 Å². The molecule has 176 valence electrons. The fourth-order valence-corrected chi connectivity index (χ4v) is 4.89. The van der Waals surface area contributed by atoms with Crippen molar-refractivity contribution >= 4 is 23.2 Å². The highest BCUT2D eigenvalue weighted by molar-refractivity contribution is 5.95. The molecule has 2 aliphatic rings. The largest absolute Gasteiger partial charge is 0.373 e. The lowest BCUT2D eigenvalue weighted by atomic mass is 9.91. The molecule has 5 rings (SSSR count). The maximum atomic E-state index is 13.1. The number of para-hydroxylation sites is 1. The minimum Gasteiger partial charge on any atom is -0.373 e. The predicted molar refractivity (Wildman–Crippen MR) is 134 cm³/mol. The summed E-state index contributed by atoms with van der Waals surface area (Å²) in [5.41, 5.74) is 4.98. The molecule has 2 aromatic carbocycles. The zero-order chi connectivity index (χ0) is 23.7. The van der Waals surface area contributed by atoms with Crippen LogP contribution in [0.15, 0.2) is 54.7 Å². The van der Waals surface area contributed by atoms with Crippen molar-refractivity contribution in [3.05, 3.63) is 65.9 Å². The van der Waals surface area contributed by atoms with E-state index in [1.165, 1.54) is 6.42 Å². The molecule has 3 N–H and O–H groups in total. The van der Waals surface area contributed by atoms with Gasteiger partial charge in [-0.15, -0.1) is 0 Å². The van der Waals surface area contributed by atoms with Crippen molar-refractivity contribution in [2.45, 2.75) is 51.8 Å². The molecule has 7 nitrogen and oxygen atoms in total. The number of aliphatic hydroxyl groups excluding tert-OH is 1. The normalized spacial score (nSPS) is 21.6. The van der Waals surface area contributed by atoms with E-state index in [0.717, 1.165) is 47.6 Å². The number of likely N-dealkylation sites (tertiary alicyclic amines) is 1. The fraction of sp³-hybridized carbons (Fsp3) is 0.370. The molecule has 0 radical (unpaired) electrons. The third-order valence-electron chi connectivity index (χ3n) is 6.99. The first-order chi connectivity index (χ1) is 16.5. The lowest BCUT2D eigenvalue weighted by Gasteiger charge is -2.38. The summed E-state index contributed by atoms with van der Waals surface area (Å²) in [6.07, 6.45) is 4.87. The zero-order valence-corrected chi connectivity index (χ0v) is 19.7. The summed E-state index contributed by atoms with van der Waals surface area (Å²) < 4.78 is 0. The number of carbonyl (C=O) groups excluding carboxylic acids is 1. The summed E-state index contributed by atoms with van der Waals surface area (Å²) in [4.78, 5) is 24.4. The molecule has 0 bridgehead atoms. The average Bonchev–Trinajstić information content (AvgIpc) is 2.99. The molecule has 7 heteroatoms. The van der Waals surface area contributed by atoms with Crippen LogP contribution in [0.3, 0.4) is 0 Å². The number of benzene rings is 2. The molecule has 1 aromatic heterocycles. The first-order valence-corrected chi connectivity index (χ1v) is 12.1. The highest BCUT2D eigenvalue weighted by Crippen LogP contribution is 2.34. The zero-order valence-electron chi connectivity index (χ0n) is 19.7. The summed E-state index contributed by atoms with van der Waals surface area (Å²) in [6.45, 7) is 5.18. The van der Waals surface area contributed by atoms with E-state index in [4.69, 9.17) is 4.98 Å². The number of nitrogens with one attached hydrogen (secondary N) is 2. The Morgan fingerprint density at radius 1 is 1.18 bits per heavy atom. The van der Waals surface area contributed by atoms with Crippen molar-refractivity contribution < 1.29 is 9.90 Å². The van der Waals surface area contributed by atoms with Crippen LogP contribution in [0.5, 0.6) is 0 Å². The van der Waals surface area contributed by atoms with Crippen molar-refractivity contribution in [1.29, 1.82) is 0 Å². The van der Waals surface area contributed by atoms with Crippen LogP contribution >= 0.6 is 0 Å². The van der Waals surface area contributed by atoms with Gasteiger partial charge >= 0.3 is 0 Å². The number of nitrogens with zero attached hydrogens (tertiary/aromatic N) is 3. The Kier molecular flexibility index (Phi) is 6.20. The Morgan fingerprint density at radius 2 is 1.97 bits per heavy atom. The second-order valence-electron chi connectivity index (χ2n) is 9.34. The van der Waals surface area contributed by atoms with Gasteiger partial charge in [-0.3, -0.25) is 4.79 Å². The van der Waals surface area contributed by atoms with Crippen LogP contribution in [0.25, 0.3) is 11.3 Å². The SMILES string of the molecule is CCC1CCC(C)N(C(=O)c2ccc(Nc3ncc4c(n3)-c3ccccc3NC(O)C4)cc2)C1. The standard InChI is InChI=1S/C27H31N5O2/c1-3-18-9-8-17(2)32(16-18)26(34)19-10-12-21(13-11-19)29-27-28-15-20-14-24(33)30-23-7-5-4-6-22(23)25(20)31-27/h4-7,10-13,15,17-18,24,30,33H,3,8-9,14,16H2,1-2H3,(H,28,29,31). The van der Waals surface area contributed by atoms with E-state index in [9.17, 15) is 9.90 Å².